The first kappa shape index (κ1) is 15.4. The quantitative estimate of drug-likeness (QED) is 0.766. The van der Waals surface area contributed by atoms with Crippen molar-refractivity contribution in [3.8, 4) is 0 Å². The molecule has 0 heterocycles. The van der Waals surface area contributed by atoms with Crippen LogP contribution in [0.4, 0.5) is 0 Å². The van der Waals surface area contributed by atoms with Crippen LogP contribution in [0.15, 0.2) is 48.5 Å². The Hall–Kier alpha value is -1.02. The summed E-state index contributed by atoms with van der Waals surface area (Å²) >= 11 is 12.2. The molecule has 0 spiro atoms. The molecule has 0 fully saturated rings. The second kappa shape index (κ2) is 7.68. The molecule has 1 atom stereocenters. The van der Waals surface area contributed by atoms with Crippen LogP contribution in [0.1, 0.15) is 30.5 Å². The summed E-state index contributed by atoms with van der Waals surface area (Å²) in [5, 5.41) is 4.89. The number of halogens is 2. The highest BCUT2D eigenvalue weighted by Gasteiger charge is 2.12. The lowest BCUT2D eigenvalue weighted by Crippen LogP contribution is -2.21. The summed E-state index contributed by atoms with van der Waals surface area (Å²) in [7, 11) is 0. The monoisotopic (exact) mass is 307 g/mol. The highest BCUT2D eigenvalue weighted by molar-refractivity contribution is 6.34. The van der Waals surface area contributed by atoms with Gasteiger partial charge in [0, 0.05) is 16.1 Å². The molecule has 0 radical (unpaired) electrons. The van der Waals surface area contributed by atoms with Crippen LogP contribution in [0, 0.1) is 0 Å². The molecular formula is C17H19Cl2N. The van der Waals surface area contributed by atoms with Gasteiger partial charge in [0.25, 0.3) is 0 Å². The van der Waals surface area contributed by atoms with E-state index in [0.29, 0.717) is 10.0 Å². The minimum atomic E-state index is 0.274. The number of aryl methyl sites for hydroxylation is 1. The van der Waals surface area contributed by atoms with E-state index in [9.17, 15) is 0 Å². The first-order valence-corrected chi connectivity index (χ1v) is 7.68. The third-order valence-electron chi connectivity index (χ3n) is 3.30. The Balaban J connectivity index is 2.10. The van der Waals surface area contributed by atoms with Crippen LogP contribution in [0.25, 0.3) is 0 Å². The second-order valence-electron chi connectivity index (χ2n) is 4.84. The van der Waals surface area contributed by atoms with Crippen molar-refractivity contribution in [1.29, 1.82) is 0 Å². The molecule has 0 aliphatic carbocycles. The van der Waals surface area contributed by atoms with Crippen molar-refractivity contribution >= 4 is 23.2 Å². The minimum Gasteiger partial charge on any atom is -0.310 e. The van der Waals surface area contributed by atoms with E-state index in [-0.39, 0.29) is 6.04 Å². The number of nitrogens with one attached hydrogen (secondary N) is 1. The summed E-state index contributed by atoms with van der Waals surface area (Å²) in [5.41, 5.74) is 2.50. The summed E-state index contributed by atoms with van der Waals surface area (Å²) < 4.78 is 0. The number of benzene rings is 2. The van der Waals surface area contributed by atoms with Crippen LogP contribution < -0.4 is 5.32 Å². The molecule has 0 aliphatic rings. The topological polar surface area (TPSA) is 12.0 Å². The van der Waals surface area contributed by atoms with Gasteiger partial charge in [0.2, 0.25) is 0 Å². The van der Waals surface area contributed by atoms with Gasteiger partial charge in [0.1, 0.15) is 0 Å². The van der Waals surface area contributed by atoms with Crippen molar-refractivity contribution in [3.05, 3.63) is 69.7 Å². The third-order valence-corrected chi connectivity index (χ3v) is 3.74. The lowest BCUT2D eigenvalue weighted by molar-refractivity contribution is 0.515. The molecule has 1 unspecified atom stereocenters. The predicted molar refractivity (Wildman–Crippen MR) is 87.6 cm³/mol. The fraction of sp³-hybridized carbons (Fsp3) is 0.294. The van der Waals surface area contributed by atoms with Gasteiger partial charge in [-0.3, -0.25) is 0 Å². The maximum Gasteiger partial charge on any atom is 0.0424 e. The van der Waals surface area contributed by atoms with E-state index in [1.54, 1.807) is 6.07 Å². The lowest BCUT2D eigenvalue weighted by Gasteiger charge is -2.19. The van der Waals surface area contributed by atoms with Crippen LogP contribution in [0.5, 0.6) is 0 Å². The van der Waals surface area contributed by atoms with Crippen molar-refractivity contribution in [1.82, 2.24) is 5.32 Å². The summed E-state index contributed by atoms with van der Waals surface area (Å²) in [6.07, 6.45) is 2.05. The molecule has 0 amide bonds. The highest BCUT2D eigenvalue weighted by atomic mass is 35.5. The van der Waals surface area contributed by atoms with Gasteiger partial charge in [-0.15, -0.1) is 0 Å². The number of hydrogen-bond acceptors (Lipinski definition) is 1. The molecule has 2 aromatic carbocycles. The van der Waals surface area contributed by atoms with Crippen LogP contribution in [0.2, 0.25) is 10.0 Å². The molecule has 1 nitrogen and oxygen atoms in total. The van der Waals surface area contributed by atoms with Crippen molar-refractivity contribution in [2.75, 3.05) is 6.54 Å². The molecule has 20 heavy (non-hydrogen) atoms. The highest BCUT2D eigenvalue weighted by Crippen LogP contribution is 2.26. The predicted octanol–water partition coefficient (Wildman–Crippen LogP) is 5.28. The van der Waals surface area contributed by atoms with Crippen molar-refractivity contribution < 1.29 is 0 Å². The summed E-state index contributed by atoms with van der Waals surface area (Å²) in [4.78, 5) is 0. The number of rotatable bonds is 6. The maximum atomic E-state index is 6.10. The summed E-state index contributed by atoms with van der Waals surface area (Å²) in [6, 6.07) is 16.5. The molecular weight excluding hydrogens is 289 g/mol. The van der Waals surface area contributed by atoms with E-state index in [0.717, 1.165) is 24.9 Å². The Bertz CT molecular complexity index is 520. The zero-order valence-electron chi connectivity index (χ0n) is 11.6. The largest absolute Gasteiger partial charge is 0.310 e. The van der Waals surface area contributed by atoms with Gasteiger partial charge in [0.05, 0.1) is 0 Å². The van der Waals surface area contributed by atoms with E-state index in [1.165, 1.54) is 5.56 Å². The molecule has 0 aliphatic heterocycles. The zero-order valence-corrected chi connectivity index (χ0v) is 13.1. The summed E-state index contributed by atoms with van der Waals surface area (Å²) in [6.45, 7) is 3.03. The first-order chi connectivity index (χ1) is 9.69. The molecule has 0 bridgehead atoms. The van der Waals surface area contributed by atoms with Crippen LogP contribution in [-0.4, -0.2) is 6.54 Å². The first-order valence-electron chi connectivity index (χ1n) is 6.92. The average molecular weight is 308 g/mol. The van der Waals surface area contributed by atoms with E-state index in [4.69, 9.17) is 23.2 Å². The number of hydrogen-bond donors (Lipinski definition) is 1. The molecule has 2 rings (SSSR count). The molecule has 1 N–H and O–H groups in total. The third kappa shape index (κ3) is 4.52. The van der Waals surface area contributed by atoms with Crippen molar-refractivity contribution in [3.63, 3.8) is 0 Å². The fourth-order valence-electron chi connectivity index (χ4n) is 2.37. The minimum absolute atomic E-state index is 0.274. The Labute approximate surface area is 130 Å². The Morgan fingerprint density at radius 3 is 2.25 bits per heavy atom. The van der Waals surface area contributed by atoms with Crippen LogP contribution in [-0.2, 0) is 6.42 Å². The van der Waals surface area contributed by atoms with Gasteiger partial charge in [0.15, 0.2) is 0 Å². The standard InChI is InChI=1S/C17H19Cl2N/c1-2-20-17(9-8-13-6-4-3-5-7-13)14-10-15(18)12-16(19)11-14/h3-7,10-12,17,20H,2,8-9H2,1H3. The molecule has 3 heteroatoms. The summed E-state index contributed by atoms with van der Waals surface area (Å²) in [5.74, 6) is 0. The Morgan fingerprint density at radius 2 is 1.65 bits per heavy atom. The van der Waals surface area contributed by atoms with E-state index >= 15 is 0 Å². The van der Waals surface area contributed by atoms with Gasteiger partial charge in [-0.05, 0) is 48.7 Å². The fourth-order valence-corrected chi connectivity index (χ4v) is 2.91. The molecule has 2 aromatic rings. The van der Waals surface area contributed by atoms with E-state index < -0.39 is 0 Å². The van der Waals surface area contributed by atoms with Gasteiger partial charge in [-0.2, -0.15) is 0 Å². The van der Waals surface area contributed by atoms with Crippen molar-refractivity contribution in [2.45, 2.75) is 25.8 Å². The Morgan fingerprint density at radius 1 is 1.00 bits per heavy atom. The lowest BCUT2D eigenvalue weighted by atomic mass is 9.99. The van der Waals surface area contributed by atoms with E-state index in [1.807, 2.05) is 18.2 Å². The van der Waals surface area contributed by atoms with Gasteiger partial charge < -0.3 is 5.32 Å². The van der Waals surface area contributed by atoms with Crippen LogP contribution >= 0.6 is 23.2 Å². The van der Waals surface area contributed by atoms with Gasteiger partial charge >= 0.3 is 0 Å². The smallest absolute Gasteiger partial charge is 0.0424 e. The Kier molecular flexibility index (Phi) is 5.90. The average Bonchev–Trinajstić information content (AvgIpc) is 2.43. The molecule has 0 saturated carbocycles. The molecule has 106 valence electrons. The van der Waals surface area contributed by atoms with Crippen LogP contribution in [0.3, 0.4) is 0 Å². The zero-order chi connectivity index (χ0) is 14.4. The molecule has 0 aromatic heterocycles. The normalized spacial score (nSPS) is 12.3. The maximum absolute atomic E-state index is 6.10. The SMILES string of the molecule is CCNC(CCc1ccccc1)c1cc(Cl)cc(Cl)c1. The van der Waals surface area contributed by atoms with E-state index in [2.05, 4.69) is 36.5 Å². The van der Waals surface area contributed by atoms with Crippen molar-refractivity contribution in [2.24, 2.45) is 0 Å². The second-order valence-corrected chi connectivity index (χ2v) is 5.71. The van der Waals surface area contributed by atoms with Gasteiger partial charge in [-0.25, -0.2) is 0 Å². The van der Waals surface area contributed by atoms with Gasteiger partial charge in [-0.1, -0.05) is 60.5 Å². The molecule has 0 saturated heterocycles.